The first-order valence-electron chi connectivity index (χ1n) is 10.6. The summed E-state index contributed by atoms with van der Waals surface area (Å²) in [6.07, 6.45) is -0.0354. The van der Waals surface area contributed by atoms with Gasteiger partial charge in [0.15, 0.2) is 6.10 Å². The van der Waals surface area contributed by atoms with Crippen molar-refractivity contribution in [1.29, 1.82) is 0 Å². The smallest absolute Gasteiger partial charge is 0.340 e. The Morgan fingerprint density at radius 1 is 0.839 bits per heavy atom. The Morgan fingerprint density at radius 3 is 2.10 bits per heavy atom. The molecule has 0 saturated carbocycles. The zero-order chi connectivity index (χ0) is 21.4. The number of ether oxygens (including phenoxy) is 1. The van der Waals surface area contributed by atoms with Crippen molar-refractivity contribution in [2.75, 3.05) is 6.54 Å². The van der Waals surface area contributed by atoms with E-state index >= 15 is 0 Å². The number of nitrogens with zero attached hydrogens (tertiary/aromatic N) is 1. The van der Waals surface area contributed by atoms with E-state index in [1.54, 1.807) is 11.8 Å². The van der Waals surface area contributed by atoms with Crippen LogP contribution in [0.1, 0.15) is 28.4 Å². The summed E-state index contributed by atoms with van der Waals surface area (Å²) in [7, 11) is 0. The van der Waals surface area contributed by atoms with Crippen molar-refractivity contribution in [3.05, 3.63) is 95.6 Å². The lowest BCUT2D eigenvalue weighted by atomic mass is 9.97. The highest BCUT2D eigenvalue weighted by molar-refractivity contribution is 6.16. The third-order valence-electron chi connectivity index (χ3n) is 6.05. The average molecular weight is 409 g/mol. The molecule has 4 heteroatoms. The molecule has 154 valence electrons. The molecular formula is C27H23NO3. The van der Waals surface area contributed by atoms with Crippen LogP contribution in [-0.2, 0) is 22.5 Å². The maximum absolute atomic E-state index is 13.3. The minimum absolute atomic E-state index is 0.160. The lowest BCUT2D eigenvalue weighted by Crippen LogP contribution is -2.42. The molecule has 1 aliphatic rings. The fraction of sp³-hybridized carbons (Fsp3) is 0.185. The third-order valence-corrected chi connectivity index (χ3v) is 6.05. The molecule has 0 aromatic heterocycles. The Hall–Kier alpha value is -3.66. The quantitative estimate of drug-likeness (QED) is 0.348. The van der Waals surface area contributed by atoms with Gasteiger partial charge in [-0.05, 0) is 52.1 Å². The zero-order valence-electron chi connectivity index (χ0n) is 17.4. The molecule has 0 fully saturated rings. The fourth-order valence-electron chi connectivity index (χ4n) is 4.44. The summed E-state index contributed by atoms with van der Waals surface area (Å²) < 4.78 is 5.73. The van der Waals surface area contributed by atoms with Crippen LogP contribution in [0.4, 0.5) is 0 Å². The van der Waals surface area contributed by atoms with Crippen LogP contribution >= 0.6 is 0 Å². The number of carbonyl (C=O) groups is 2. The molecule has 31 heavy (non-hydrogen) atoms. The van der Waals surface area contributed by atoms with Crippen LogP contribution in [0, 0.1) is 0 Å². The monoisotopic (exact) mass is 409 g/mol. The molecule has 0 unspecified atom stereocenters. The highest BCUT2D eigenvalue weighted by atomic mass is 16.5. The maximum atomic E-state index is 13.3. The van der Waals surface area contributed by atoms with Crippen molar-refractivity contribution in [2.45, 2.75) is 26.0 Å². The van der Waals surface area contributed by atoms with E-state index in [1.807, 2.05) is 66.7 Å². The maximum Gasteiger partial charge on any atom is 0.340 e. The van der Waals surface area contributed by atoms with Gasteiger partial charge >= 0.3 is 5.97 Å². The second kappa shape index (κ2) is 7.88. The van der Waals surface area contributed by atoms with Gasteiger partial charge in [0.2, 0.25) is 0 Å². The molecule has 4 nitrogen and oxygen atoms in total. The van der Waals surface area contributed by atoms with E-state index in [2.05, 4.69) is 12.1 Å². The van der Waals surface area contributed by atoms with E-state index in [-0.39, 0.29) is 5.91 Å². The zero-order valence-corrected chi connectivity index (χ0v) is 17.4. The van der Waals surface area contributed by atoms with Crippen LogP contribution in [0.2, 0.25) is 0 Å². The van der Waals surface area contributed by atoms with Gasteiger partial charge in [0.1, 0.15) is 0 Å². The van der Waals surface area contributed by atoms with Crippen molar-refractivity contribution in [3.63, 3.8) is 0 Å². The van der Waals surface area contributed by atoms with Crippen molar-refractivity contribution < 1.29 is 14.3 Å². The van der Waals surface area contributed by atoms with Crippen molar-refractivity contribution in [1.82, 2.24) is 4.90 Å². The molecule has 4 aromatic rings. The first kappa shape index (κ1) is 19.3. The Bertz CT molecular complexity index is 1260. The van der Waals surface area contributed by atoms with E-state index in [0.29, 0.717) is 18.7 Å². The number of benzene rings is 4. The Morgan fingerprint density at radius 2 is 1.42 bits per heavy atom. The number of carbonyl (C=O) groups excluding carboxylic acids is 2. The van der Waals surface area contributed by atoms with Crippen LogP contribution in [0.25, 0.3) is 21.5 Å². The highest BCUT2D eigenvalue weighted by Gasteiger charge is 2.28. The van der Waals surface area contributed by atoms with Gasteiger partial charge in [-0.15, -0.1) is 0 Å². The molecule has 0 N–H and O–H groups in total. The topological polar surface area (TPSA) is 46.6 Å². The number of hydrogen-bond acceptors (Lipinski definition) is 3. The first-order chi connectivity index (χ1) is 15.1. The average Bonchev–Trinajstić information content (AvgIpc) is 2.81. The summed E-state index contributed by atoms with van der Waals surface area (Å²) >= 11 is 0. The summed E-state index contributed by atoms with van der Waals surface area (Å²) in [5.74, 6) is -0.626. The van der Waals surface area contributed by atoms with Crippen LogP contribution in [0.15, 0.2) is 78.9 Å². The Balaban J connectivity index is 1.42. The van der Waals surface area contributed by atoms with Gasteiger partial charge in [-0.2, -0.15) is 0 Å². The molecule has 4 aromatic carbocycles. The van der Waals surface area contributed by atoms with E-state index in [0.717, 1.165) is 33.5 Å². The highest BCUT2D eigenvalue weighted by Crippen LogP contribution is 2.29. The van der Waals surface area contributed by atoms with Gasteiger partial charge in [-0.1, -0.05) is 72.8 Å². The second-order valence-corrected chi connectivity index (χ2v) is 8.02. The number of rotatable bonds is 3. The summed E-state index contributed by atoms with van der Waals surface area (Å²) in [5, 5.41) is 3.61. The van der Waals surface area contributed by atoms with Gasteiger partial charge in [0.25, 0.3) is 5.91 Å². The predicted octanol–water partition coefficient (Wildman–Crippen LogP) is 5.12. The van der Waals surface area contributed by atoms with Crippen LogP contribution in [0.5, 0.6) is 0 Å². The van der Waals surface area contributed by atoms with Gasteiger partial charge in [0.05, 0.1) is 5.56 Å². The third kappa shape index (κ3) is 3.55. The number of fused-ring (bicyclic) bond motifs is 3. The number of esters is 1. The van der Waals surface area contributed by atoms with Crippen molar-refractivity contribution in [3.8, 4) is 0 Å². The molecule has 0 saturated heterocycles. The molecule has 1 aliphatic heterocycles. The van der Waals surface area contributed by atoms with Crippen molar-refractivity contribution >= 4 is 33.4 Å². The molecular weight excluding hydrogens is 386 g/mol. The summed E-state index contributed by atoms with van der Waals surface area (Å²) in [6, 6.07) is 25.8. The molecule has 1 heterocycles. The van der Waals surface area contributed by atoms with E-state index in [1.165, 1.54) is 5.56 Å². The molecule has 0 bridgehead atoms. The van der Waals surface area contributed by atoms with Gasteiger partial charge in [-0.25, -0.2) is 4.79 Å². The van der Waals surface area contributed by atoms with Gasteiger partial charge in [-0.3, -0.25) is 4.79 Å². The summed E-state index contributed by atoms with van der Waals surface area (Å²) in [6.45, 7) is 2.84. The molecule has 1 atom stereocenters. The summed E-state index contributed by atoms with van der Waals surface area (Å²) in [5.41, 5.74) is 2.94. The van der Waals surface area contributed by atoms with Gasteiger partial charge < -0.3 is 9.64 Å². The standard InChI is InChI=1S/C27H23NO3/c1-18(26(29)28-15-14-19-8-2-3-11-22(19)17-28)31-27(30)25-23-12-6-4-9-20(23)16-21-10-5-7-13-24(21)25/h2-13,16,18H,14-15,17H2,1H3/t18-/m1/s1. The van der Waals surface area contributed by atoms with E-state index < -0.39 is 12.1 Å². The van der Waals surface area contributed by atoms with Crippen molar-refractivity contribution in [2.24, 2.45) is 0 Å². The summed E-state index contributed by atoms with van der Waals surface area (Å²) in [4.78, 5) is 28.1. The first-order valence-corrected chi connectivity index (χ1v) is 10.6. The fourth-order valence-corrected chi connectivity index (χ4v) is 4.44. The minimum atomic E-state index is -0.851. The number of amides is 1. The van der Waals surface area contributed by atoms with Crippen LogP contribution < -0.4 is 0 Å². The SMILES string of the molecule is C[C@@H](OC(=O)c1c2ccccc2cc2ccccc12)C(=O)N1CCc2ccccc2C1. The molecule has 0 spiro atoms. The molecule has 0 aliphatic carbocycles. The lowest BCUT2D eigenvalue weighted by Gasteiger charge is -2.30. The normalized spacial score (nSPS) is 14.3. The molecule has 0 radical (unpaired) electrons. The van der Waals surface area contributed by atoms with E-state index in [9.17, 15) is 9.59 Å². The Labute approximate surface area is 181 Å². The molecule has 1 amide bonds. The molecule has 5 rings (SSSR count). The van der Waals surface area contributed by atoms with Crippen LogP contribution in [-0.4, -0.2) is 29.4 Å². The Kier molecular flexibility index (Phi) is 4.91. The predicted molar refractivity (Wildman–Crippen MR) is 122 cm³/mol. The lowest BCUT2D eigenvalue weighted by molar-refractivity contribution is -0.140. The van der Waals surface area contributed by atoms with E-state index in [4.69, 9.17) is 4.74 Å². The largest absolute Gasteiger partial charge is 0.449 e. The minimum Gasteiger partial charge on any atom is -0.449 e. The number of hydrogen-bond donors (Lipinski definition) is 0. The second-order valence-electron chi connectivity index (χ2n) is 8.02. The van der Waals surface area contributed by atoms with Gasteiger partial charge in [0, 0.05) is 13.1 Å². The van der Waals surface area contributed by atoms with Crippen LogP contribution in [0.3, 0.4) is 0 Å².